The highest BCUT2D eigenvalue weighted by Crippen LogP contribution is 2.37. The molecular weight excluding hydrogens is 480 g/mol. The molecule has 0 heterocycles. The van der Waals surface area contributed by atoms with Crippen LogP contribution in [0.2, 0.25) is 0 Å². The molecule has 1 amide bonds. The number of esters is 1. The zero-order valence-corrected chi connectivity index (χ0v) is 17.7. The molecule has 0 aliphatic carbocycles. The number of halogens is 6. The summed E-state index contributed by atoms with van der Waals surface area (Å²) in [7, 11) is 0. The Labute approximate surface area is 195 Å². The molecule has 0 bridgehead atoms. The predicted octanol–water partition coefficient (Wildman–Crippen LogP) is 6.10. The van der Waals surface area contributed by atoms with Gasteiger partial charge >= 0.3 is 18.3 Å². The van der Waals surface area contributed by atoms with Crippen molar-refractivity contribution in [3.05, 3.63) is 95.1 Å². The molecule has 0 atom stereocenters. The van der Waals surface area contributed by atoms with E-state index >= 15 is 0 Å². The summed E-state index contributed by atoms with van der Waals surface area (Å²) >= 11 is 0. The Morgan fingerprint density at radius 3 is 1.94 bits per heavy atom. The third kappa shape index (κ3) is 7.23. The van der Waals surface area contributed by atoms with Crippen molar-refractivity contribution in [3.63, 3.8) is 0 Å². The van der Waals surface area contributed by atoms with Gasteiger partial charge in [0.15, 0.2) is 6.61 Å². The molecule has 3 aromatic carbocycles. The van der Waals surface area contributed by atoms with Crippen molar-refractivity contribution in [2.45, 2.75) is 19.0 Å². The number of carbonyl (C=O) groups is 2. The van der Waals surface area contributed by atoms with Crippen LogP contribution in [0.4, 0.5) is 32.0 Å². The highest BCUT2D eigenvalue weighted by molar-refractivity contribution is 5.96. The van der Waals surface area contributed by atoms with Gasteiger partial charge in [-0.25, -0.2) is 4.79 Å². The van der Waals surface area contributed by atoms with Gasteiger partial charge in [-0.15, -0.1) is 0 Å². The molecule has 0 saturated heterocycles. The lowest BCUT2D eigenvalue weighted by molar-refractivity contribution is -0.143. The normalized spacial score (nSPS) is 11.6. The molecular formula is C24H17F6NO4. The van der Waals surface area contributed by atoms with Crippen molar-refractivity contribution < 1.29 is 45.4 Å². The first-order valence-electron chi connectivity index (χ1n) is 9.95. The first-order chi connectivity index (χ1) is 16.4. The molecule has 11 heteroatoms. The Hall–Kier alpha value is -4.02. The summed E-state index contributed by atoms with van der Waals surface area (Å²) in [5, 5.41) is 1.89. The average molecular weight is 497 g/mol. The van der Waals surface area contributed by atoms with E-state index in [4.69, 9.17) is 9.47 Å². The predicted molar refractivity (Wildman–Crippen MR) is 113 cm³/mol. The van der Waals surface area contributed by atoms with Gasteiger partial charge < -0.3 is 14.8 Å². The molecule has 0 spiro atoms. The number of alkyl halides is 6. The fourth-order valence-electron chi connectivity index (χ4n) is 2.93. The summed E-state index contributed by atoms with van der Waals surface area (Å²) in [5.74, 6) is -1.94. The molecule has 184 valence electrons. The van der Waals surface area contributed by atoms with Crippen LogP contribution < -0.4 is 10.1 Å². The van der Waals surface area contributed by atoms with Crippen LogP contribution in [0.5, 0.6) is 5.75 Å². The number of benzene rings is 3. The summed E-state index contributed by atoms with van der Waals surface area (Å²) in [6.45, 7) is -0.813. The maximum Gasteiger partial charge on any atom is 0.416 e. The molecule has 0 unspecified atom stereocenters. The van der Waals surface area contributed by atoms with Crippen LogP contribution in [-0.4, -0.2) is 18.5 Å². The number of anilines is 1. The summed E-state index contributed by atoms with van der Waals surface area (Å²) < 4.78 is 88.3. The van der Waals surface area contributed by atoms with Crippen molar-refractivity contribution in [1.82, 2.24) is 0 Å². The maximum atomic E-state index is 13.0. The van der Waals surface area contributed by atoms with E-state index in [0.717, 1.165) is 5.56 Å². The quantitative estimate of drug-likeness (QED) is 0.317. The number of hydrogen-bond acceptors (Lipinski definition) is 4. The maximum absolute atomic E-state index is 13.0. The van der Waals surface area contributed by atoms with Crippen LogP contribution >= 0.6 is 0 Å². The van der Waals surface area contributed by atoms with E-state index in [1.807, 2.05) is 23.5 Å². The summed E-state index contributed by atoms with van der Waals surface area (Å²) in [6.07, 6.45) is -10.1. The van der Waals surface area contributed by atoms with Crippen LogP contribution in [0.1, 0.15) is 27.0 Å². The summed E-state index contributed by atoms with van der Waals surface area (Å²) in [6, 6.07) is 15.7. The van der Waals surface area contributed by atoms with Gasteiger partial charge in [0.1, 0.15) is 17.9 Å². The highest BCUT2D eigenvalue weighted by atomic mass is 19.4. The Bertz CT molecular complexity index is 1160. The molecule has 0 fully saturated rings. The lowest BCUT2D eigenvalue weighted by Gasteiger charge is -2.15. The minimum atomic E-state index is -5.07. The van der Waals surface area contributed by atoms with Crippen molar-refractivity contribution in [2.75, 3.05) is 11.9 Å². The second-order valence-corrected chi connectivity index (χ2v) is 7.19. The Kier molecular flexibility index (Phi) is 7.68. The van der Waals surface area contributed by atoms with E-state index in [1.165, 1.54) is 18.2 Å². The molecule has 5 nitrogen and oxygen atoms in total. The second-order valence-electron chi connectivity index (χ2n) is 7.19. The SMILES string of the molecule is O=C(COC(=O)c1ccccc1OCc1ccccc1)Nc1cc(C(F)(F)F)cc(C(F)(F)F)c1. The first kappa shape index (κ1) is 25.6. The molecule has 0 radical (unpaired) electrons. The molecule has 3 rings (SSSR count). The fourth-order valence-corrected chi connectivity index (χ4v) is 2.93. The smallest absolute Gasteiger partial charge is 0.416 e. The molecule has 3 aromatic rings. The lowest BCUT2D eigenvalue weighted by Crippen LogP contribution is -2.22. The first-order valence-corrected chi connectivity index (χ1v) is 9.95. The monoisotopic (exact) mass is 497 g/mol. The molecule has 0 aromatic heterocycles. The van der Waals surface area contributed by atoms with Gasteiger partial charge in [0.25, 0.3) is 5.91 Å². The highest BCUT2D eigenvalue weighted by Gasteiger charge is 2.37. The van der Waals surface area contributed by atoms with E-state index in [-0.39, 0.29) is 24.0 Å². The van der Waals surface area contributed by atoms with E-state index < -0.39 is 47.7 Å². The summed E-state index contributed by atoms with van der Waals surface area (Å²) in [4.78, 5) is 24.5. The van der Waals surface area contributed by atoms with Crippen molar-refractivity contribution in [2.24, 2.45) is 0 Å². The van der Waals surface area contributed by atoms with Crippen molar-refractivity contribution >= 4 is 17.6 Å². The number of para-hydroxylation sites is 1. The molecule has 1 N–H and O–H groups in total. The van der Waals surface area contributed by atoms with Crippen LogP contribution in [0.15, 0.2) is 72.8 Å². The van der Waals surface area contributed by atoms with Gasteiger partial charge in [-0.1, -0.05) is 42.5 Å². The zero-order valence-electron chi connectivity index (χ0n) is 17.7. The molecule has 35 heavy (non-hydrogen) atoms. The van der Waals surface area contributed by atoms with Crippen LogP contribution in [0.25, 0.3) is 0 Å². The standard InChI is InChI=1S/C24H17F6NO4/c25-23(26,27)16-10-17(24(28,29)30)12-18(11-16)31-21(32)14-35-22(33)19-8-4-5-9-20(19)34-13-15-6-2-1-3-7-15/h1-12H,13-14H2,(H,31,32). The van der Waals surface area contributed by atoms with Crippen molar-refractivity contribution in [1.29, 1.82) is 0 Å². The third-order valence-electron chi connectivity index (χ3n) is 4.55. The number of carbonyl (C=O) groups excluding carboxylic acids is 2. The minimum absolute atomic E-state index is 0.0188. The van der Waals surface area contributed by atoms with Crippen LogP contribution in [0.3, 0.4) is 0 Å². The van der Waals surface area contributed by atoms with E-state index in [9.17, 15) is 35.9 Å². The van der Waals surface area contributed by atoms with Gasteiger partial charge in [0, 0.05) is 5.69 Å². The van der Waals surface area contributed by atoms with Crippen molar-refractivity contribution in [3.8, 4) is 5.75 Å². The lowest BCUT2D eigenvalue weighted by atomic mass is 10.1. The average Bonchev–Trinajstić information content (AvgIpc) is 2.81. The number of ether oxygens (including phenoxy) is 2. The topological polar surface area (TPSA) is 64.6 Å². The van der Waals surface area contributed by atoms with E-state index in [2.05, 4.69) is 0 Å². The zero-order chi connectivity index (χ0) is 25.6. The van der Waals surface area contributed by atoms with E-state index in [0.29, 0.717) is 12.1 Å². The number of nitrogens with one attached hydrogen (secondary N) is 1. The number of rotatable bonds is 7. The van der Waals surface area contributed by atoms with Gasteiger partial charge in [-0.05, 0) is 35.9 Å². The van der Waals surface area contributed by atoms with Crippen LogP contribution in [0, 0.1) is 0 Å². The molecule has 0 aliphatic rings. The second kappa shape index (κ2) is 10.5. The Morgan fingerprint density at radius 2 is 1.34 bits per heavy atom. The minimum Gasteiger partial charge on any atom is -0.488 e. The molecule has 0 saturated carbocycles. The Balaban J connectivity index is 1.66. The number of amides is 1. The van der Waals surface area contributed by atoms with E-state index in [1.54, 1.807) is 18.2 Å². The Morgan fingerprint density at radius 1 is 0.771 bits per heavy atom. The summed E-state index contributed by atoms with van der Waals surface area (Å²) in [5.41, 5.74) is -3.13. The van der Waals surface area contributed by atoms with Crippen LogP contribution in [-0.2, 0) is 28.5 Å². The van der Waals surface area contributed by atoms with Gasteiger partial charge in [0.2, 0.25) is 0 Å². The molecule has 0 aliphatic heterocycles. The van der Waals surface area contributed by atoms with Gasteiger partial charge in [0.05, 0.1) is 11.1 Å². The largest absolute Gasteiger partial charge is 0.488 e. The number of hydrogen-bond donors (Lipinski definition) is 1. The van der Waals surface area contributed by atoms with Gasteiger partial charge in [-0.2, -0.15) is 26.3 Å². The fraction of sp³-hybridized carbons (Fsp3) is 0.167. The van der Waals surface area contributed by atoms with Gasteiger partial charge in [-0.3, -0.25) is 4.79 Å². The third-order valence-corrected chi connectivity index (χ3v) is 4.55.